The van der Waals surface area contributed by atoms with E-state index in [-0.39, 0.29) is 0 Å². The van der Waals surface area contributed by atoms with Crippen molar-refractivity contribution in [1.82, 2.24) is 20.4 Å². The van der Waals surface area contributed by atoms with E-state index in [9.17, 15) is 0 Å². The molecule has 0 amide bonds. The first-order valence-electron chi connectivity index (χ1n) is 10.6. The summed E-state index contributed by atoms with van der Waals surface area (Å²) in [5.74, 6) is 2.63. The molecule has 6 heteroatoms. The van der Waals surface area contributed by atoms with E-state index in [1.54, 1.807) is 7.11 Å². The largest absolute Gasteiger partial charge is 0.497 e. The zero-order valence-electron chi connectivity index (χ0n) is 17.9. The highest BCUT2D eigenvalue weighted by molar-refractivity contribution is 5.79. The number of benzene rings is 1. The fourth-order valence-electron chi connectivity index (χ4n) is 4.20. The number of hydrogen-bond donors (Lipinski definition) is 2. The van der Waals surface area contributed by atoms with Crippen LogP contribution in [0.25, 0.3) is 0 Å². The molecular formula is C22H37N5O. The van der Waals surface area contributed by atoms with E-state index in [2.05, 4.69) is 63.8 Å². The molecule has 1 aliphatic carbocycles. The lowest BCUT2D eigenvalue weighted by Gasteiger charge is -2.30. The van der Waals surface area contributed by atoms with Gasteiger partial charge in [-0.1, -0.05) is 12.1 Å². The quantitative estimate of drug-likeness (QED) is 0.503. The third kappa shape index (κ3) is 5.61. The number of aliphatic imine (C=N–C) groups is 1. The predicted octanol–water partition coefficient (Wildman–Crippen LogP) is 2.34. The van der Waals surface area contributed by atoms with Crippen LogP contribution in [0.2, 0.25) is 0 Å². The average molecular weight is 388 g/mol. The van der Waals surface area contributed by atoms with Crippen LogP contribution in [-0.4, -0.2) is 76.2 Å². The van der Waals surface area contributed by atoms with Gasteiger partial charge in [-0.2, -0.15) is 0 Å². The van der Waals surface area contributed by atoms with Gasteiger partial charge in [-0.05, 0) is 76.5 Å². The zero-order valence-corrected chi connectivity index (χ0v) is 17.9. The first-order valence-corrected chi connectivity index (χ1v) is 10.6. The Bertz CT molecular complexity index is 618. The Hall–Kier alpha value is -1.79. The molecule has 1 heterocycles. The summed E-state index contributed by atoms with van der Waals surface area (Å²) < 4.78 is 5.33. The van der Waals surface area contributed by atoms with Crippen molar-refractivity contribution >= 4 is 5.96 Å². The summed E-state index contributed by atoms with van der Waals surface area (Å²) in [6, 6.07) is 9.42. The molecule has 1 saturated heterocycles. The maximum absolute atomic E-state index is 5.33. The third-order valence-corrected chi connectivity index (χ3v) is 6.08. The molecule has 1 aliphatic heterocycles. The number of likely N-dealkylation sites (tertiary alicyclic amines) is 1. The second-order valence-electron chi connectivity index (χ2n) is 8.23. The highest BCUT2D eigenvalue weighted by Crippen LogP contribution is 2.34. The van der Waals surface area contributed by atoms with Gasteiger partial charge < -0.3 is 20.3 Å². The molecule has 3 rings (SSSR count). The number of hydrogen-bond acceptors (Lipinski definition) is 4. The Morgan fingerprint density at radius 3 is 2.32 bits per heavy atom. The molecule has 1 aromatic carbocycles. The maximum atomic E-state index is 5.33. The number of likely N-dealkylation sites (N-methyl/N-ethyl adjacent to an activating group) is 1. The standard InChI is InChI=1S/C22H37N5O/c1-23-22(24-15-20(26(2)3)17-7-8-17)25-16-21(27-13-5-6-14-27)18-9-11-19(28-4)12-10-18/h9-12,17,20-21H,5-8,13-16H2,1-4H3,(H2,23,24,25). The second-order valence-corrected chi connectivity index (χ2v) is 8.23. The van der Waals surface area contributed by atoms with Crippen LogP contribution in [0.5, 0.6) is 5.75 Å². The van der Waals surface area contributed by atoms with Crippen molar-refractivity contribution in [2.75, 3.05) is 54.4 Å². The fourth-order valence-corrected chi connectivity index (χ4v) is 4.20. The summed E-state index contributed by atoms with van der Waals surface area (Å²) in [7, 11) is 7.92. The monoisotopic (exact) mass is 387 g/mol. The number of guanidine groups is 1. The van der Waals surface area contributed by atoms with E-state index in [1.807, 2.05) is 7.05 Å². The average Bonchev–Trinajstić information content (AvgIpc) is 3.40. The van der Waals surface area contributed by atoms with Crippen LogP contribution in [0.15, 0.2) is 29.3 Å². The van der Waals surface area contributed by atoms with E-state index >= 15 is 0 Å². The SMILES string of the molecule is CN=C(NCC(C1CC1)N(C)C)NCC(c1ccc(OC)cc1)N1CCCC1. The van der Waals surface area contributed by atoms with Crippen LogP contribution in [0.3, 0.4) is 0 Å². The van der Waals surface area contributed by atoms with Gasteiger partial charge in [0.1, 0.15) is 5.75 Å². The van der Waals surface area contributed by atoms with Gasteiger partial charge in [0.05, 0.1) is 13.2 Å². The summed E-state index contributed by atoms with van der Waals surface area (Å²) in [5, 5.41) is 7.12. The molecule has 0 aromatic heterocycles. The van der Waals surface area contributed by atoms with Crippen molar-refractivity contribution in [1.29, 1.82) is 0 Å². The molecule has 2 unspecified atom stereocenters. The molecule has 2 aliphatic rings. The van der Waals surface area contributed by atoms with Gasteiger partial charge in [-0.25, -0.2) is 0 Å². The van der Waals surface area contributed by atoms with Crippen molar-refractivity contribution in [3.63, 3.8) is 0 Å². The molecule has 1 saturated carbocycles. The normalized spacial score (nSPS) is 20.2. The van der Waals surface area contributed by atoms with Gasteiger partial charge >= 0.3 is 0 Å². The first-order chi connectivity index (χ1) is 13.6. The second kappa shape index (κ2) is 10.1. The number of ether oxygens (including phenoxy) is 1. The minimum Gasteiger partial charge on any atom is -0.497 e. The Labute approximate surface area is 170 Å². The smallest absolute Gasteiger partial charge is 0.191 e. The lowest BCUT2D eigenvalue weighted by Crippen LogP contribution is -2.47. The van der Waals surface area contributed by atoms with E-state index in [0.717, 1.165) is 43.8 Å². The Morgan fingerprint density at radius 1 is 1.14 bits per heavy atom. The van der Waals surface area contributed by atoms with Gasteiger partial charge in [-0.15, -0.1) is 0 Å². The van der Waals surface area contributed by atoms with Crippen molar-refractivity contribution in [3.8, 4) is 5.75 Å². The number of methoxy groups -OCH3 is 1. The zero-order chi connectivity index (χ0) is 19.9. The number of nitrogens with one attached hydrogen (secondary N) is 2. The van der Waals surface area contributed by atoms with Crippen LogP contribution in [0, 0.1) is 5.92 Å². The lowest BCUT2D eigenvalue weighted by atomic mass is 10.1. The van der Waals surface area contributed by atoms with Crippen LogP contribution < -0.4 is 15.4 Å². The first kappa shape index (κ1) is 20.9. The van der Waals surface area contributed by atoms with Crippen molar-refractivity contribution in [3.05, 3.63) is 29.8 Å². The summed E-state index contributed by atoms with van der Waals surface area (Å²) in [6.45, 7) is 4.11. The van der Waals surface area contributed by atoms with Gasteiger partial charge in [-0.3, -0.25) is 9.89 Å². The molecule has 1 aromatic rings. The molecular weight excluding hydrogens is 350 g/mol. The van der Waals surface area contributed by atoms with Crippen LogP contribution in [0.1, 0.15) is 37.3 Å². The van der Waals surface area contributed by atoms with Crippen LogP contribution >= 0.6 is 0 Å². The van der Waals surface area contributed by atoms with E-state index in [0.29, 0.717) is 12.1 Å². The maximum Gasteiger partial charge on any atom is 0.191 e. The molecule has 156 valence electrons. The van der Waals surface area contributed by atoms with Crippen LogP contribution in [-0.2, 0) is 0 Å². The van der Waals surface area contributed by atoms with Gasteiger partial charge in [0, 0.05) is 26.2 Å². The van der Waals surface area contributed by atoms with Crippen LogP contribution in [0.4, 0.5) is 0 Å². The summed E-state index contributed by atoms with van der Waals surface area (Å²) in [5.41, 5.74) is 1.33. The van der Waals surface area contributed by atoms with Gasteiger partial charge in [0.2, 0.25) is 0 Å². The minimum absolute atomic E-state index is 0.347. The third-order valence-electron chi connectivity index (χ3n) is 6.08. The summed E-state index contributed by atoms with van der Waals surface area (Å²) in [4.78, 5) is 9.37. The summed E-state index contributed by atoms with van der Waals surface area (Å²) >= 11 is 0. The highest BCUT2D eigenvalue weighted by Gasteiger charge is 2.32. The summed E-state index contributed by atoms with van der Waals surface area (Å²) in [6.07, 6.45) is 5.27. The van der Waals surface area contributed by atoms with Gasteiger partial charge in [0.25, 0.3) is 0 Å². The molecule has 6 nitrogen and oxygen atoms in total. The van der Waals surface area contributed by atoms with Crippen molar-refractivity contribution < 1.29 is 4.74 Å². The van der Waals surface area contributed by atoms with Gasteiger partial charge in [0.15, 0.2) is 5.96 Å². The Balaban J connectivity index is 1.59. The number of nitrogens with zero attached hydrogens (tertiary/aromatic N) is 3. The lowest BCUT2D eigenvalue weighted by molar-refractivity contribution is 0.244. The highest BCUT2D eigenvalue weighted by atomic mass is 16.5. The number of rotatable bonds is 9. The molecule has 2 fully saturated rings. The van der Waals surface area contributed by atoms with Crippen molar-refractivity contribution in [2.24, 2.45) is 10.9 Å². The molecule has 0 radical (unpaired) electrons. The van der Waals surface area contributed by atoms with E-state index in [4.69, 9.17) is 4.74 Å². The van der Waals surface area contributed by atoms with E-state index in [1.165, 1.54) is 31.2 Å². The fraction of sp³-hybridized carbons (Fsp3) is 0.682. The molecule has 0 spiro atoms. The molecule has 0 bridgehead atoms. The minimum atomic E-state index is 0.347. The molecule has 2 atom stereocenters. The Morgan fingerprint density at radius 2 is 1.79 bits per heavy atom. The van der Waals surface area contributed by atoms with E-state index < -0.39 is 0 Å². The Kier molecular flexibility index (Phi) is 7.57. The molecule has 28 heavy (non-hydrogen) atoms. The predicted molar refractivity (Wildman–Crippen MR) is 116 cm³/mol. The van der Waals surface area contributed by atoms with Crippen molar-refractivity contribution in [2.45, 2.75) is 37.8 Å². The molecule has 2 N–H and O–H groups in total. The topological polar surface area (TPSA) is 52.1 Å².